The summed E-state index contributed by atoms with van der Waals surface area (Å²) < 4.78 is 37.5. The van der Waals surface area contributed by atoms with Crippen molar-refractivity contribution in [1.82, 2.24) is 9.62 Å². The predicted octanol–water partition coefficient (Wildman–Crippen LogP) is 1.44. The highest BCUT2D eigenvalue weighted by Gasteiger charge is 2.25. The van der Waals surface area contributed by atoms with Crippen molar-refractivity contribution in [1.29, 1.82) is 0 Å². The summed E-state index contributed by atoms with van der Waals surface area (Å²) >= 11 is 0. The number of carbonyl (C=O) groups excluding carboxylic acids is 2. The Morgan fingerprint density at radius 1 is 1.17 bits per heavy atom. The van der Waals surface area contributed by atoms with E-state index in [1.165, 1.54) is 6.92 Å². The molecule has 0 spiro atoms. The maximum absolute atomic E-state index is 12.4. The lowest BCUT2D eigenvalue weighted by Crippen LogP contribution is -2.46. The van der Waals surface area contributed by atoms with E-state index in [9.17, 15) is 18.0 Å². The minimum absolute atomic E-state index is 0.0746. The van der Waals surface area contributed by atoms with Crippen molar-refractivity contribution >= 4 is 21.9 Å². The number of ether oxygens (including phenoxy) is 2. The van der Waals surface area contributed by atoms with Gasteiger partial charge in [-0.2, -0.15) is 0 Å². The lowest BCUT2D eigenvalue weighted by molar-refractivity contribution is -0.160. The van der Waals surface area contributed by atoms with Gasteiger partial charge in [0.15, 0.2) is 6.10 Å². The molecule has 0 radical (unpaired) electrons. The van der Waals surface area contributed by atoms with E-state index in [2.05, 4.69) is 4.72 Å². The quantitative estimate of drug-likeness (QED) is 0.662. The molecule has 1 fully saturated rings. The molecule has 1 aliphatic heterocycles. The first kappa shape index (κ1) is 23.3. The summed E-state index contributed by atoms with van der Waals surface area (Å²) in [6.07, 6.45) is -1.08. The molecule has 1 aliphatic rings. The van der Waals surface area contributed by atoms with Gasteiger partial charge in [0, 0.05) is 19.6 Å². The molecule has 0 bridgehead atoms. The zero-order chi connectivity index (χ0) is 21.7. The van der Waals surface area contributed by atoms with E-state index >= 15 is 0 Å². The maximum Gasteiger partial charge on any atom is 0.307 e. The number of nitrogens with one attached hydrogen (secondary N) is 1. The summed E-state index contributed by atoms with van der Waals surface area (Å²) in [4.78, 5) is 25.9. The molecule has 0 aliphatic carbocycles. The number of rotatable bonds is 7. The Balaban J connectivity index is 1.81. The maximum atomic E-state index is 12.4. The van der Waals surface area contributed by atoms with Gasteiger partial charge in [-0.1, -0.05) is 32.9 Å². The van der Waals surface area contributed by atoms with E-state index in [-0.39, 0.29) is 29.2 Å². The number of hydrogen-bond acceptors (Lipinski definition) is 6. The highest BCUT2D eigenvalue weighted by atomic mass is 32.2. The third kappa shape index (κ3) is 6.80. The van der Waals surface area contributed by atoms with Gasteiger partial charge in [0.2, 0.25) is 10.0 Å². The lowest BCUT2D eigenvalue weighted by Gasteiger charge is -2.28. The van der Waals surface area contributed by atoms with Crippen molar-refractivity contribution in [2.45, 2.75) is 50.5 Å². The Bertz CT molecular complexity index is 808. The molecule has 1 aromatic carbocycles. The molecular formula is C20H30N2O6S. The third-order valence-corrected chi connectivity index (χ3v) is 6.11. The molecule has 1 N–H and O–H groups in total. The molecule has 1 atom stereocenters. The van der Waals surface area contributed by atoms with E-state index in [1.54, 1.807) is 29.2 Å². The molecule has 0 unspecified atom stereocenters. The first-order chi connectivity index (χ1) is 13.5. The van der Waals surface area contributed by atoms with Crippen LogP contribution in [0.5, 0.6) is 0 Å². The number of benzene rings is 1. The van der Waals surface area contributed by atoms with Crippen LogP contribution in [0.25, 0.3) is 0 Å². The van der Waals surface area contributed by atoms with E-state index < -0.39 is 22.1 Å². The number of carbonyl (C=O) groups is 2. The Kier molecular flexibility index (Phi) is 7.79. The Hall–Kier alpha value is -1.97. The Morgan fingerprint density at radius 2 is 1.76 bits per heavy atom. The Labute approximate surface area is 172 Å². The third-order valence-electron chi connectivity index (χ3n) is 4.63. The number of esters is 1. The Morgan fingerprint density at radius 3 is 2.31 bits per heavy atom. The molecular weight excluding hydrogens is 396 g/mol. The number of morpholine rings is 1. The average molecular weight is 427 g/mol. The van der Waals surface area contributed by atoms with Gasteiger partial charge in [0.05, 0.1) is 24.5 Å². The van der Waals surface area contributed by atoms with E-state index in [4.69, 9.17) is 9.47 Å². The number of sulfonamides is 1. The molecule has 2 rings (SSSR count). The molecule has 162 valence electrons. The van der Waals surface area contributed by atoms with Crippen molar-refractivity contribution in [3.8, 4) is 0 Å². The highest BCUT2D eigenvalue weighted by molar-refractivity contribution is 7.89. The van der Waals surface area contributed by atoms with Crippen molar-refractivity contribution in [2.75, 3.05) is 32.8 Å². The SMILES string of the molecule is C[C@@H](OC(=O)CCNS(=O)(=O)c1ccc(C(C)(C)C)cc1)C(=O)N1CCOCC1. The van der Waals surface area contributed by atoms with Crippen molar-refractivity contribution in [2.24, 2.45) is 0 Å². The van der Waals surface area contributed by atoms with Gasteiger partial charge in [-0.3, -0.25) is 9.59 Å². The van der Waals surface area contributed by atoms with Crippen LogP contribution in [0.4, 0.5) is 0 Å². The topological polar surface area (TPSA) is 102 Å². The van der Waals surface area contributed by atoms with Crippen LogP contribution in [0.3, 0.4) is 0 Å². The molecule has 1 amide bonds. The summed E-state index contributed by atoms with van der Waals surface area (Å²) in [5.41, 5.74) is 0.952. The van der Waals surface area contributed by atoms with E-state index in [0.29, 0.717) is 26.3 Å². The predicted molar refractivity (Wildman–Crippen MR) is 108 cm³/mol. The van der Waals surface area contributed by atoms with Crippen LogP contribution in [0.15, 0.2) is 29.2 Å². The van der Waals surface area contributed by atoms with E-state index in [1.807, 2.05) is 20.8 Å². The molecule has 0 saturated carbocycles. The second kappa shape index (κ2) is 9.69. The molecule has 8 nitrogen and oxygen atoms in total. The molecule has 29 heavy (non-hydrogen) atoms. The molecule has 9 heteroatoms. The normalized spacial score (nSPS) is 16.3. The number of hydrogen-bond donors (Lipinski definition) is 1. The van der Waals surface area contributed by atoms with Crippen LogP contribution in [-0.2, 0) is 34.5 Å². The van der Waals surface area contributed by atoms with Crippen LogP contribution in [0.2, 0.25) is 0 Å². The van der Waals surface area contributed by atoms with Crippen molar-refractivity contribution in [3.63, 3.8) is 0 Å². The fourth-order valence-corrected chi connectivity index (χ4v) is 3.88. The number of nitrogens with zero attached hydrogens (tertiary/aromatic N) is 1. The van der Waals surface area contributed by atoms with Crippen LogP contribution < -0.4 is 4.72 Å². The van der Waals surface area contributed by atoms with Gasteiger partial charge in [0.25, 0.3) is 5.91 Å². The largest absolute Gasteiger partial charge is 0.452 e. The summed E-state index contributed by atoms with van der Waals surface area (Å²) in [5, 5.41) is 0. The van der Waals surface area contributed by atoms with Gasteiger partial charge in [-0.05, 0) is 30.0 Å². The molecule has 1 saturated heterocycles. The highest BCUT2D eigenvalue weighted by Crippen LogP contribution is 2.23. The zero-order valence-corrected chi connectivity index (χ0v) is 18.3. The van der Waals surface area contributed by atoms with Gasteiger partial charge < -0.3 is 14.4 Å². The second-order valence-corrected chi connectivity index (χ2v) is 9.76. The summed E-state index contributed by atoms with van der Waals surface area (Å²) in [5.74, 6) is -0.911. The van der Waals surface area contributed by atoms with Crippen molar-refractivity contribution < 1.29 is 27.5 Å². The van der Waals surface area contributed by atoms with Gasteiger partial charge in [-0.25, -0.2) is 13.1 Å². The molecule has 0 aromatic heterocycles. The minimum Gasteiger partial charge on any atom is -0.452 e. The standard InChI is InChI=1S/C20H30N2O6S/c1-15(19(24)22-11-13-27-14-12-22)28-18(23)9-10-21-29(25,26)17-7-5-16(6-8-17)20(2,3)4/h5-8,15,21H,9-14H2,1-4H3/t15-/m1/s1. The lowest BCUT2D eigenvalue weighted by atomic mass is 9.87. The van der Waals surface area contributed by atoms with Gasteiger partial charge in [-0.15, -0.1) is 0 Å². The second-order valence-electron chi connectivity index (χ2n) is 7.99. The first-order valence-electron chi connectivity index (χ1n) is 9.67. The van der Waals surface area contributed by atoms with E-state index in [0.717, 1.165) is 5.56 Å². The fraction of sp³-hybridized carbons (Fsp3) is 0.600. The van der Waals surface area contributed by atoms with Gasteiger partial charge >= 0.3 is 5.97 Å². The van der Waals surface area contributed by atoms with Crippen LogP contribution in [-0.4, -0.2) is 64.1 Å². The van der Waals surface area contributed by atoms with Gasteiger partial charge in [0.1, 0.15) is 0 Å². The fourth-order valence-electron chi connectivity index (χ4n) is 2.85. The van der Waals surface area contributed by atoms with Crippen LogP contribution in [0.1, 0.15) is 39.7 Å². The summed E-state index contributed by atoms with van der Waals surface area (Å²) in [6.45, 7) is 9.40. The van der Waals surface area contributed by atoms with Crippen LogP contribution in [0, 0.1) is 0 Å². The van der Waals surface area contributed by atoms with Crippen molar-refractivity contribution in [3.05, 3.63) is 29.8 Å². The summed E-state index contributed by atoms with van der Waals surface area (Å²) in [7, 11) is -3.73. The average Bonchev–Trinajstić information content (AvgIpc) is 2.67. The van der Waals surface area contributed by atoms with Crippen LogP contribution >= 0.6 is 0 Å². The molecule has 1 aromatic rings. The monoisotopic (exact) mass is 426 g/mol. The first-order valence-corrected chi connectivity index (χ1v) is 11.2. The smallest absolute Gasteiger partial charge is 0.307 e. The summed E-state index contributed by atoms with van der Waals surface area (Å²) in [6, 6.07) is 6.65. The minimum atomic E-state index is -3.73. The zero-order valence-electron chi connectivity index (χ0n) is 17.4. The molecule has 1 heterocycles. The number of amides is 1.